The van der Waals surface area contributed by atoms with Crippen molar-refractivity contribution < 1.29 is 0 Å². The van der Waals surface area contributed by atoms with E-state index >= 15 is 0 Å². The molecule has 3 aromatic rings. The molecule has 0 radical (unpaired) electrons. The largest absolute Gasteiger partial charge is 0.378 e. The third-order valence-electron chi connectivity index (χ3n) is 2.89. The first-order valence-corrected chi connectivity index (χ1v) is 6.17. The molecule has 0 N–H and O–H groups in total. The molecule has 0 saturated carbocycles. The number of aromatic nitrogens is 4. The Bertz CT molecular complexity index is 735. The van der Waals surface area contributed by atoms with E-state index in [0.717, 1.165) is 17.1 Å². The van der Waals surface area contributed by atoms with E-state index in [0.29, 0.717) is 10.8 Å². The van der Waals surface area contributed by atoms with Crippen LogP contribution in [0.3, 0.4) is 0 Å². The highest BCUT2D eigenvalue weighted by Gasteiger charge is 2.09. The third kappa shape index (κ3) is 2.13. The maximum Gasteiger partial charge on any atom is 0.169 e. The molecule has 0 bridgehead atoms. The fraction of sp³-hybridized carbons (Fsp3) is 0.154. The molecule has 0 atom stereocenters. The van der Waals surface area contributed by atoms with Crippen LogP contribution in [0.1, 0.15) is 0 Å². The number of hydrogen-bond donors (Lipinski definition) is 0. The van der Waals surface area contributed by atoms with Crippen LogP contribution in [-0.4, -0.2) is 33.7 Å². The lowest BCUT2D eigenvalue weighted by molar-refractivity contribution is 1.08. The second kappa shape index (κ2) is 4.51. The van der Waals surface area contributed by atoms with Crippen LogP contribution in [0.4, 0.5) is 5.69 Å². The maximum atomic E-state index is 5.84. The van der Waals surface area contributed by atoms with E-state index in [-0.39, 0.29) is 0 Å². The van der Waals surface area contributed by atoms with Crippen molar-refractivity contribution >= 4 is 22.9 Å². The summed E-state index contributed by atoms with van der Waals surface area (Å²) in [5, 5.41) is 8.72. The first kappa shape index (κ1) is 11.9. The van der Waals surface area contributed by atoms with Crippen LogP contribution in [-0.2, 0) is 0 Å². The summed E-state index contributed by atoms with van der Waals surface area (Å²) in [4.78, 5) is 6.10. The molecule has 0 spiro atoms. The smallest absolute Gasteiger partial charge is 0.169 e. The van der Waals surface area contributed by atoms with E-state index in [1.54, 1.807) is 12.4 Å². The lowest BCUT2D eigenvalue weighted by Gasteiger charge is -2.12. The van der Waals surface area contributed by atoms with E-state index in [9.17, 15) is 0 Å². The monoisotopic (exact) mass is 273 g/mol. The maximum absolute atomic E-state index is 5.84. The van der Waals surface area contributed by atoms with Gasteiger partial charge in [-0.2, -0.15) is 0 Å². The summed E-state index contributed by atoms with van der Waals surface area (Å²) in [5.41, 5.74) is 2.78. The van der Waals surface area contributed by atoms with E-state index in [1.807, 2.05) is 41.6 Å². The molecule has 1 aromatic carbocycles. The zero-order chi connectivity index (χ0) is 13.4. The molecule has 0 saturated heterocycles. The van der Waals surface area contributed by atoms with Gasteiger partial charge in [-0.1, -0.05) is 23.7 Å². The SMILES string of the molecule is CN(C)c1cccc(-c2nnc3cc(Cl)ncn23)c1. The molecule has 96 valence electrons. The van der Waals surface area contributed by atoms with Crippen molar-refractivity contribution in [2.75, 3.05) is 19.0 Å². The summed E-state index contributed by atoms with van der Waals surface area (Å²) in [6.45, 7) is 0. The van der Waals surface area contributed by atoms with Crippen molar-refractivity contribution in [1.29, 1.82) is 0 Å². The highest BCUT2D eigenvalue weighted by molar-refractivity contribution is 6.29. The first-order chi connectivity index (χ1) is 9.15. The zero-order valence-electron chi connectivity index (χ0n) is 10.6. The van der Waals surface area contributed by atoms with Crippen molar-refractivity contribution in [1.82, 2.24) is 19.6 Å². The highest BCUT2D eigenvalue weighted by Crippen LogP contribution is 2.23. The minimum Gasteiger partial charge on any atom is -0.378 e. The molecule has 6 heteroatoms. The van der Waals surface area contributed by atoms with E-state index in [2.05, 4.69) is 21.2 Å². The first-order valence-electron chi connectivity index (χ1n) is 5.79. The van der Waals surface area contributed by atoms with Crippen LogP contribution in [0.15, 0.2) is 36.7 Å². The van der Waals surface area contributed by atoms with Gasteiger partial charge in [-0.05, 0) is 12.1 Å². The summed E-state index contributed by atoms with van der Waals surface area (Å²) in [6.07, 6.45) is 1.63. The number of hydrogen-bond acceptors (Lipinski definition) is 4. The van der Waals surface area contributed by atoms with Gasteiger partial charge in [0.2, 0.25) is 0 Å². The van der Waals surface area contributed by atoms with Crippen LogP contribution >= 0.6 is 11.6 Å². The number of rotatable bonds is 2. The molecule has 0 unspecified atom stereocenters. The van der Waals surface area contributed by atoms with Gasteiger partial charge in [0.15, 0.2) is 11.5 Å². The third-order valence-corrected chi connectivity index (χ3v) is 3.09. The Labute approximate surface area is 115 Å². The van der Waals surface area contributed by atoms with E-state index < -0.39 is 0 Å². The minimum atomic E-state index is 0.411. The molecule has 0 fully saturated rings. The molecule has 19 heavy (non-hydrogen) atoms. The van der Waals surface area contributed by atoms with Crippen molar-refractivity contribution in [3.63, 3.8) is 0 Å². The Morgan fingerprint density at radius 2 is 2.00 bits per heavy atom. The van der Waals surface area contributed by atoms with Crippen LogP contribution in [0.2, 0.25) is 5.15 Å². The number of benzene rings is 1. The number of nitrogens with zero attached hydrogens (tertiary/aromatic N) is 5. The van der Waals surface area contributed by atoms with E-state index in [4.69, 9.17) is 11.6 Å². The zero-order valence-corrected chi connectivity index (χ0v) is 11.3. The van der Waals surface area contributed by atoms with Crippen LogP contribution in [0.5, 0.6) is 0 Å². The van der Waals surface area contributed by atoms with Gasteiger partial charge in [0.05, 0.1) is 0 Å². The van der Waals surface area contributed by atoms with Gasteiger partial charge in [-0.15, -0.1) is 10.2 Å². The predicted molar refractivity (Wildman–Crippen MR) is 75.6 cm³/mol. The van der Waals surface area contributed by atoms with Crippen molar-refractivity contribution in [2.24, 2.45) is 0 Å². The summed E-state index contributed by atoms with van der Waals surface area (Å²) in [5.74, 6) is 0.753. The predicted octanol–water partition coefficient (Wildman–Crippen LogP) is 2.51. The molecular weight excluding hydrogens is 262 g/mol. The summed E-state index contributed by atoms with van der Waals surface area (Å²) < 4.78 is 1.82. The fourth-order valence-electron chi connectivity index (χ4n) is 1.89. The fourth-order valence-corrected chi connectivity index (χ4v) is 2.03. The molecule has 0 amide bonds. The van der Waals surface area contributed by atoms with Crippen LogP contribution < -0.4 is 4.90 Å². The molecule has 0 aliphatic rings. The van der Waals surface area contributed by atoms with Gasteiger partial charge in [0.25, 0.3) is 0 Å². The number of anilines is 1. The molecule has 5 nitrogen and oxygen atoms in total. The Morgan fingerprint density at radius 3 is 2.79 bits per heavy atom. The Morgan fingerprint density at radius 1 is 1.16 bits per heavy atom. The summed E-state index contributed by atoms with van der Waals surface area (Å²) in [6, 6.07) is 9.79. The van der Waals surface area contributed by atoms with Gasteiger partial charge in [0.1, 0.15) is 11.5 Å². The molecule has 2 aromatic heterocycles. The molecule has 0 aliphatic heterocycles. The van der Waals surface area contributed by atoms with Gasteiger partial charge >= 0.3 is 0 Å². The topological polar surface area (TPSA) is 46.3 Å². The van der Waals surface area contributed by atoms with Crippen molar-refractivity contribution in [3.8, 4) is 11.4 Å². The normalized spacial score (nSPS) is 10.9. The number of halogens is 1. The van der Waals surface area contributed by atoms with Gasteiger partial charge in [0, 0.05) is 31.4 Å². The molecular formula is C13H12ClN5. The van der Waals surface area contributed by atoms with Crippen LogP contribution in [0.25, 0.3) is 17.0 Å². The minimum absolute atomic E-state index is 0.411. The Kier molecular flexibility index (Phi) is 2.83. The molecule has 3 rings (SSSR count). The standard InChI is InChI=1S/C13H12ClN5/c1-18(2)10-5-3-4-9(6-10)13-17-16-12-7-11(14)15-8-19(12)13/h3-8H,1-2H3. The second-order valence-electron chi connectivity index (χ2n) is 4.41. The Balaban J connectivity index is 2.16. The lowest BCUT2D eigenvalue weighted by atomic mass is 10.2. The van der Waals surface area contributed by atoms with Gasteiger partial charge < -0.3 is 4.90 Å². The van der Waals surface area contributed by atoms with Gasteiger partial charge in [-0.25, -0.2) is 4.98 Å². The molecule has 2 heterocycles. The van der Waals surface area contributed by atoms with Gasteiger partial charge in [-0.3, -0.25) is 4.40 Å². The highest BCUT2D eigenvalue weighted by atomic mass is 35.5. The number of fused-ring (bicyclic) bond motifs is 1. The molecule has 0 aliphatic carbocycles. The van der Waals surface area contributed by atoms with Crippen molar-refractivity contribution in [3.05, 3.63) is 41.8 Å². The average molecular weight is 274 g/mol. The lowest BCUT2D eigenvalue weighted by Crippen LogP contribution is -2.08. The summed E-state index contributed by atoms with van der Waals surface area (Å²) >= 11 is 5.84. The Hall–Kier alpha value is -2.14. The second-order valence-corrected chi connectivity index (χ2v) is 4.80. The van der Waals surface area contributed by atoms with Crippen LogP contribution in [0, 0.1) is 0 Å². The average Bonchev–Trinajstić information content (AvgIpc) is 2.81. The van der Waals surface area contributed by atoms with E-state index in [1.165, 1.54) is 0 Å². The summed E-state index contributed by atoms with van der Waals surface area (Å²) in [7, 11) is 4.00. The quantitative estimate of drug-likeness (QED) is 0.673. The van der Waals surface area contributed by atoms with Crippen molar-refractivity contribution in [2.45, 2.75) is 0 Å².